The maximum absolute atomic E-state index is 13.0. The zero-order valence-corrected chi connectivity index (χ0v) is 17.6. The fourth-order valence-corrected chi connectivity index (χ4v) is 5.10. The molecular weight excluding hydrogens is 367 g/mol. The number of carbonyl (C=O) groups is 1. The monoisotopic (exact) mass is 398 g/mol. The van der Waals surface area contributed by atoms with Crippen LogP contribution in [0.5, 0.6) is 0 Å². The van der Waals surface area contributed by atoms with Crippen molar-refractivity contribution in [1.29, 1.82) is 0 Å². The molecule has 1 aliphatic heterocycles. The van der Waals surface area contributed by atoms with Gasteiger partial charge in [-0.25, -0.2) is 4.79 Å². The number of hydrogen-bond acceptors (Lipinski definition) is 6. The summed E-state index contributed by atoms with van der Waals surface area (Å²) >= 11 is 0. The highest BCUT2D eigenvalue weighted by Gasteiger charge is 2.32. The van der Waals surface area contributed by atoms with Crippen molar-refractivity contribution in [1.82, 2.24) is 9.80 Å². The molecule has 0 aliphatic carbocycles. The number of hydrogen-bond donors (Lipinski definition) is 0. The van der Waals surface area contributed by atoms with E-state index in [1.807, 2.05) is 62.9 Å². The molecule has 0 atom stereocenters. The van der Waals surface area contributed by atoms with Crippen molar-refractivity contribution in [3.63, 3.8) is 0 Å². The zero-order valence-electron chi connectivity index (χ0n) is 16.7. The average Bonchev–Trinajstić information content (AvgIpc) is 2.59. The summed E-state index contributed by atoms with van der Waals surface area (Å²) in [4.78, 5) is 15.9. The van der Waals surface area contributed by atoms with E-state index in [1.165, 1.54) is 0 Å². The smallest absolute Gasteiger partial charge is 0.410 e. The minimum atomic E-state index is -3.21. The van der Waals surface area contributed by atoms with Crippen molar-refractivity contribution in [2.75, 3.05) is 32.5 Å². The first-order chi connectivity index (χ1) is 12.8. The molecule has 1 fully saturated rings. The number of ether oxygens (including phenoxy) is 1. The lowest BCUT2D eigenvalue weighted by Gasteiger charge is -2.36. The number of amides is 1. The molecule has 0 bridgehead atoms. The summed E-state index contributed by atoms with van der Waals surface area (Å²) in [6.45, 7) is 9.90. The van der Waals surface area contributed by atoms with Gasteiger partial charge in [-0.1, -0.05) is 30.3 Å². The van der Waals surface area contributed by atoms with Gasteiger partial charge < -0.3 is 18.7 Å². The predicted molar refractivity (Wildman–Crippen MR) is 105 cm³/mol. The Labute approximate surface area is 162 Å². The molecule has 1 aromatic rings. The normalized spacial score (nSPS) is 16.1. The molecule has 1 amide bonds. The highest BCUT2D eigenvalue weighted by Crippen LogP contribution is 2.51. The van der Waals surface area contributed by atoms with E-state index in [9.17, 15) is 9.36 Å². The van der Waals surface area contributed by atoms with Crippen molar-refractivity contribution < 1.29 is 23.1 Å². The van der Waals surface area contributed by atoms with Gasteiger partial charge in [0.1, 0.15) is 12.9 Å². The maximum Gasteiger partial charge on any atom is 0.410 e. The average molecular weight is 398 g/mol. The van der Waals surface area contributed by atoms with Crippen molar-refractivity contribution in [3.8, 4) is 0 Å². The van der Waals surface area contributed by atoms with Crippen LogP contribution < -0.4 is 0 Å². The van der Waals surface area contributed by atoms with Crippen molar-refractivity contribution in [3.05, 3.63) is 35.9 Å². The van der Waals surface area contributed by atoms with E-state index in [0.717, 1.165) is 5.56 Å². The van der Waals surface area contributed by atoms with Crippen molar-refractivity contribution in [2.24, 2.45) is 0 Å². The second-order valence-electron chi connectivity index (χ2n) is 7.21. The third kappa shape index (κ3) is 7.62. The van der Waals surface area contributed by atoms with E-state index >= 15 is 0 Å². The second-order valence-corrected chi connectivity index (χ2v) is 9.13. The molecule has 0 unspecified atom stereocenters. The quantitative estimate of drug-likeness (QED) is 0.618. The van der Waals surface area contributed by atoms with Crippen molar-refractivity contribution >= 4 is 13.7 Å². The Morgan fingerprint density at radius 3 is 2.07 bits per heavy atom. The molecule has 152 valence electrons. The second kappa shape index (κ2) is 10.2. The van der Waals surface area contributed by atoms with Crippen LogP contribution in [0.3, 0.4) is 0 Å². The van der Waals surface area contributed by atoms with Gasteiger partial charge in [0.15, 0.2) is 0 Å². The van der Waals surface area contributed by atoms with Gasteiger partial charge in [0.25, 0.3) is 0 Å². The minimum absolute atomic E-state index is 0.177. The molecule has 1 aromatic carbocycles. The van der Waals surface area contributed by atoms with Gasteiger partial charge in [-0.2, -0.15) is 0 Å². The van der Waals surface area contributed by atoms with E-state index in [-0.39, 0.29) is 31.2 Å². The molecule has 0 radical (unpaired) electrons. The minimum Gasteiger partial charge on any atom is -0.445 e. The Morgan fingerprint density at radius 2 is 1.56 bits per heavy atom. The number of benzene rings is 1. The van der Waals surface area contributed by atoms with Crippen LogP contribution in [0.1, 0.15) is 33.3 Å². The van der Waals surface area contributed by atoms with E-state index in [2.05, 4.69) is 0 Å². The Kier molecular flexibility index (Phi) is 8.29. The van der Waals surface area contributed by atoms with Crippen LogP contribution in [0.15, 0.2) is 30.3 Å². The molecule has 0 saturated carbocycles. The maximum atomic E-state index is 13.0. The summed E-state index contributed by atoms with van der Waals surface area (Å²) in [7, 11) is -3.21. The lowest BCUT2D eigenvalue weighted by atomic mass is 10.2. The number of carbonyl (C=O) groups excluding carboxylic acids is 1. The zero-order chi connectivity index (χ0) is 19.9. The Balaban J connectivity index is 1.81. The molecule has 1 aliphatic rings. The molecule has 0 N–H and O–H groups in total. The fraction of sp³-hybridized carbons (Fsp3) is 0.632. The number of rotatable bonds is 8. The summed E-state index contributed by atoms with van der Waals surface area (Å²) < 4.78 is 29.6. The van der Waals surface area contributed by atoms with Crippen LogP contribution in [0.2, 0.25) is 0 Å². The molecule has 2 rings (SSSR count). The molecular formula is C19H31N2O5P. The van der Waals surface area contributed by atoms with Crippen LogP contribution in [0, 0.1) is 0 Å². The summed E-state index contributed by atoms with van der Waals surface area (Å²) in [5.41, 5.74) is 0.960. The molecule has 8 heteroatoms. The molecule has 0 aromatic heterocycles. The largest absolute Gasteiger partial charge is 0.445 e. The Bertz CT molecular complexity index is 616. The molecule has 1 heterocycles. The lowest BCUT2D eigenvalue weighted by Crippen LogP contribution is -2.49. The van der Waals surface area contributed by atoms with E-state index in [1.54, 1.807) is 4.90 Å². The SMILES string of the molecule is CC(C)OP(=O)(CN1CCN(C(=O)OCc2ccccc2)CC1)OC(C)C. The first-order valence-electron chi connectivity index (χ1n) is 9.41. The first-order valence-corrected chi connectivity index (χ1v) is 11.1. The summed E-state index contributed by atoms with van der Waals surface area (Å²) in [5.74, 6) is 0. The first kappa shape index (κ1) is 21.9. The highest BCUT2D eigenvalue weighted by atomic mass is 31.2. The topological polar surface area (TPSA) is 68.3 Å². The van der Waals surface area contributed by atoms with Crippen LogP contribution in [-0.2, 0) is 25.0 Å². The van der Waals surface area contributed by atoms with Gasteiger partial charge in [-0.3, -0.25) is 9.46 Å². The number of nitrogens with zero attached hydrogens (tertiary/aromatic N) is 2. The predicted octanol–water partition coefficient (Wildman–Crippen LogP) is 3.94. The summed E-state index contributed by atoms with van der Waals surface area (Å²) in [6, 6.07) is 9.60. The van der Waals surface area contributed by atoms with E-state index < -0.39 is 7.60 Å². The fourth-order valence-electron chi connectivity index (χ4n) is 2.86. The third-order valence-corrected chi connectivity index (χ3v) is 6.18. The van der Waals surface area contributed by atoms with Gasteiger partial charge in [0.05, 0.1) is 12.2 Å². The van der Waals surface area contributed by atoms with Gasteiger partial charge in [-0.15, -0.1) is 0 Å². The third-order valence-electron chi connectivity index (χ3n) is 3.95. The van der Waals surface area contributed by atoms with Gasteiger partial charge >= 0.3 is 13.7 Å². The van der Waals surface area contributed by atoms with E-state index in [4.69, 9.17) is 13.8 Å². The molecule has 27 heavy (non-hydrogen) atoms. The van der Waals surface area contributed by atoms with Crippen LogP contribution in [0.25, 0.3) is 0 Å². The molecule has 1 saturated heterocycles. The van der Waals surface area contributed by atoms with Gasteiger partial charge in [0.2, 0.25) is 0 Å². The van der Waals surface area contributed by atoms with Crippen LogP contribution in [0.4, 0.5) is 4.79 Å². The summed E-state index contributed by atoms with van der Waals surface area (Å²) in [5, 5.41) is 0. The molecule has 0 spiro atoms. The standard InChI is InChI=1S/C19H31N2O5P/c1-16(2)25-27(23,26-17(3)4)15-20-10-12-21(13-11-20)19(22)24-14-18-8-6-5-7-9-18/h5-9,16-17H,10-15H2,1-4H3. The van der Waals surface area contributed by atoms with Crippen LogP contribution >= 0.6 is 7.60 Å². The highest BCUT2D eigenvalue weighted by molar-refractivity contribution is 7.53. The van der Waals surface area contributed by atoms with Crippen molar-refractivity contribution in [2.45, 2.75) is 46.5 Å². The van der Waals surface area contributed by atoms with E-state index in [0.29, 0.717) is 26.2 Å². The van der Waals surface area contributed by atoms with Gasteiger partial charge in [-0.05, 0) is 33.3 Å². The number of piperazine rings is 1. The Morgan fingerprint density at radius 1 is 1.00 bits per heavy atom. The Hall–Kier alpha value is -1.40. The van der Waals surface area contributed by atoms with Crippen LogP contribution in [-0.4, -0.2) is 60.6 Å². The lowest BCUT2D eigenvalue weighted by molar-refractivity contribution is 0.0712. The molecule has 7 nitrogen and oxygen atoms in total. The summed E-state index contributed by atoms with van der Waals surface area (Å²) in [6.07, 6.45) is -0.442. The van der Waals surface area contributed by atoms with Gasteiger partial charge in [0, 0.05) is 26.2 Å².